The van der Waals surface area contributed by atoms with E-state index < -0.39 is 76.2 Å². The largest absolute Gasteiger partial charge is 0.462 e. The van der Waals surface area contributed by atoms with E-state index in [0.29, 0.717) is 6.54 Å². The highest BCUT2D eigenvalue weighted by Crippen LogP contribution is 2.38. The third-order valence-corrected chi connectivity index (χ3v) is 8.01. The highest BCUT2D eigenvalue weighted by Gasteiger charge is 2.56. The van der Waals surface area contributed by atoms with Gasteiger partial charge in [0.25, 0.3) is 0 Å². The summed E-state index contributed by atoms with van der Waals surface area (Å²) in [4.78, 5) is 55.9. The second-order valence-electron chi connectivity index (χ2n) is 16.8. The van der Waals surface area contributed by atoms with E-state index in [0.717, 1.165) is 18.4 Å². The molecule has 0 aliphatic carbocycles. The molecule has 1 aromatic rings. The van der Waals surface area contributed by atoms with Crippen LogP contribution in [-0.4, -0.2) is 72.6 Å². The van der Waals surface area contributed by atoms with Crippen molar-refractivity contribution in [1.82, 2.24) is 4.90 Å². The molecule has 0 amide bonds. The molecule has 1 fully saturated rings. The van der Waals surface area contributed by atoms with Crippen LogP contribution < -0.4 is 0 Å². The third-order valence-electron chi connectivity index (χ3n) is 8.01. The number of hydrogen-bond acceptors (Lipinski definition) is 10. The molecule has 10 heteroatoms. The van der Waals surface area contributed by atoms with Crippen molar-refractivity contribution in [3.8, 4) is 0 Å². The lowest BCUT2D eigenvalue weighted by Gasteiger charge is -2.50. The van der Waals surface area contributed by atoms with E-state index in [-0.39, 0.29) is 12.6 Å². The van der Waals surface area contributed by atoms with Gasteiger partial charge in [0.1, 0.15) is 12.7 Å². The molecule has 1 aliphatic rings. The normalized spacial score (nSPS) is 22.9. The minimum atomic E-state index is -1.29. The second-order valence-corrected chi connectivity index (χ2v) is 16.8. The number of benzene rings is 1. The molecule has 0 N–H and O–H groups in total. The predicted octanol–water partition coefficient (Wildman–Crippen LogP) is 7.04. The predicted molar refractivity (Wildman–Crippen MR) is 184 cm³/mol. The minimum Gasteiger partial charge on any atom is -0.462 e. The second kappa shape index (κ2) is 16.2. The van der Waals surface area contributed by atoms with Gasteiger partial charge in [-0.3, -0.25) is 24.1 Å². The molecule has 272 valence electrons. The van der Waals surface area contributed by atoms with Crippen LogP contribution in [-0.2, 0) is 42.9 Å². The summed E-state index contributed by atoms with van der Waals surface area (Å²) in [6.07, 6.45) is -4.23. The van der Waals surface area contributed by atoms with E-state index in [1.165, 1.54) is 0 Å². The zero-order chi connectivity index (χ0) is 36.8. The quantitative estimate of drug-likeness (QED) is 0.179. The highest BCUT2D eigenvalue weighted by atomic mass is 16.7. The first kappa shape index (κ1) is 41.2. The Hall–Kier alpha value is -2.98. The zero-order valence-electron chi connectivity index (χ0n) is 31.8. The fourth-order valence-corrected chi connectivity index (χ4v) is 5.02. The molecule has 0 unspecified atom stereocenters. The minimum absolute atomic E-state index is 0.174. The monoisotopic (exact) mass is 675 g/mol. The molecule has 1 aromatic carbocycles. The fraction of sp³-hybridized carbons (Fsp3) is 0.737. The van der Waals surface area contributed by atoms with Crippen LogP contribution in [0.25, 0.3) is 0 Å². The lowest BCUT2D eigenvalue weighted by atomic mass is 9.91. The molecule has 6 atom stereocenters. The van der Waals surface area contributed by atoms with E-state index in [1.807, 2.05) is 37.3 Å². The number of esters is 4. The third kappa shape index (κ3) is 11.0. The maximum absolute atomic E-state index is 13.7. The summed E-state index contributed by atoms with van der Waals surface area (Å²) in [6, 6.07) is 9.78. The van der Waals surface area contributed by atoms with Crippen molar-refractivity contribution in [3.05, 3.63) is 35.9 Å². The Kier molecular flexibility index (Phi) is 13.9. The first-order chi connectivity index (χ1) is 21.9. The van der Waals surface area contributed by atoms with Crippen LogP contribution in [0.4, 0.5) is 0 Å². The van der Waals surface area contributed by atoms with E-state index in [9.17, 15) is 19.2 Å². The molecule has 0 saturated carbocycles. The molecule has 48 heavy (non-hydrogen) atoms. The van der Waals surface area contributed by atoms with Gasteiger partial charge in [0.2, 0.25) is 0 Å². The molecule has 0 radical (unpaired) electrons. The van der Waals surface area contributed by atoms with Gasteiger partial charge in [-0.2, -0.15) is 0 Å². The molecule has 0 aromatic heterocycles. The Balaban J connectivity index is 2.88. The van der Waals surface area contributed by atoms with Gasteiger partial charge in [-0.05, 0) is 102 Å². The fourth-order valence-electron chi connectivity index (χ4n) is 5.02. The standard InChI is InChI=1S/C38H61NO9/c1-15-20-25(24-21-18-17-19-22-24)39(16-2)30-29(48-34(43)38(12,13)14)28(47-33(42)37(9,10)11)27(46-32(41)36(6,7)8)26(45-30)23-44-31(40)35(3,4)5/h17-19,21-22,25-30H,15-16,20,23H2,1-14H3/t25-,26+,27-,28-,29+,30+/m0/s1. The van der Waals surface area contributed by atoms with Crippen LogP contribution in [0.5, 0.6) is 0 Å². The van der Waals surface area contributed by atoms with Gasteiger partial charge in [0.15, 0.2) is 24.5 Å². The smallest absolute Gasteiger partial charge is 0.311 e. The van der Waals surface area contributed by atoms with E-state index in [4.69, 9.17) is 23.7 Å². The van der Waals surface area contributed by atoms with Crippen molar-refractivity contribution < 1.29 is 42.9 Å². The van der Waals surface area contributed by atoms with Crippen LogP contribution in [0.2, 0.25) is 0 Å². The molecule has 10 nitrogen and oxygen atoms in total. The highest BCUT2D eigenvalue weighted by molar-refractivity contribution is 5.78. The maximum atomic E-state index is 13.7. The molecule has 2 rings (SSSR count). The lowest BCUT2D eigenvalue weighted by Crippen LogP contribution is -2.67. The Labute approximate surface area is 288 Å². The van der Waals surface area contributed by atoms with Crippen LogP contribution in [0.15, 0.2) is 30.3 Å². The van der Waals surface area contributed by atoms with Crippen molar-refractivity contribution >= 4 is 23.9 Å². The number of carbonyl (C=O) groups excluding carboxylic acids is 4. The SMILES string of the molecule is CCC[C@@H](c1ccccc1)N(CC)[C@@H]1O[C@H](COC(=O)C(C)(C)C)[C@H](OC(=O)C(C)(C)C)[C@H](OC(=O)C(C)(C)C)[C@H]1OC(=O)C(C)(C)C. The number of likely N-dealkylation sites (N-methyl/N-ethyl adjacent to an activating group) is 1. The molecule has 0 spiro atoms. The molecule has 1 heterocycles. The molecule has 0 bridgehead atoms. The summed E-state index contributed by atoms with van der Waals surface area (Å²) in [6.45, 7) is 24.9. The van der Waals surface area contributed by atoms with E-state index in [1.54, 1.807) is 83.1 Å². The summed E-state index contributed by atoms with van der Waals surface area (Å²) >= 11 is 0. The van der Waals surface area contributed by atoms with Crippen LogP contribution in [0.1, 0.15) is 121 Å². The number of rotatable bonds is 11. The average molecular weight is 676 g/mol. The number of hydrogen-bond donors (Lipinski definition) is 0. The summed E-state index contributed by atoms with van der Waals surface area (Å²) in [7, 11) is 0. The lowest BCUT2D eigenvalue weighted by molar-refractivity contribution is -0.288. The first-order valence-corrected chi connectivity index (χ1v) is 17.2. The summed E-state index contributed by atoms with van der Waals surface area (Å²) in [5.41, 5.74) is -2.58. The summed E-state index contributed by atoms with van der Waals surface area (Å²) in [5, 5.41) is 0. The van der Waals surface area contributed by atoms with Crippen molar-refractivity contribution in [2.75, 3.05) is 13.2 Å². The zero-order valence-corrected chi connectivity index (χ0v) is 31.8. The molecular formula is C38H61NO9. The van der Waals surface area contributed by atoms with Crippen molar-refractivity contribution in [1.29, 1.82) is 0 Å². The summed E-state index contributed by atoms with van der Waals surface area (Å²) in [5.74, 6) is -2.18. The molecule has 1 saturated heterocycles. The van der Waals surface area contributed by atoms with Crippen molar-refractivity contribution in [3.63, 3.8) is 0 Å². The maximum Gasteiger partial charge on any atom is 0.311 e. The van der Waals surface area contributed by atoms with Gasteiger partial charge < -0.3 is 23.7 Å². The van der Waals surface area contributed by atoms with Crippen molar-refractivity contribution in [2.24, 2.45) is 21.7 Å². The van der Waals surface area contributed by atoms with Gasteiger partial charge in [0.05, 0.1) is 21.7 Å². The average Bonchev–Trinajstić information content (AvgIpc) is 2.96. The number of nitrogens with zero attached hydrogens (tertiary/aromatic N) is 1. The Bertz CT molecular complexity index is 1230. The number of ether oxygens (including phenoxy) is 5. The van der Waals surface area contributed by atoms with Crippen molar-refractivity contribution in [2.45, 2.75) is 146 Å². The van der Waals surface area contributed by atoms with Gasteiger partial charge in [-0.25, -0.2) is 0 Å². The Morgan fingerprint density at radius 2 is 1.10 bits per heavy atom. The van der Waals surface area contributed by atoms with Gasteiger partial charge in [-0.1, -0.05) is 50.6 Å². The molecule has 1 aliphatic heterocycles. The van der Waals surface area contributed by atoms with E-state index in [2.05, 4.69) is 11.8 Å². The van der Waals surface area contributed by atoms with Crippen LogP contribution >= 0.6 is 0 Å². The number of carbonyl (C=O) groups is 4. The first-order valence-electron chi connectivity index (χ1n) is 17.2. The van der Waals surface area contributed by atoms with Crippen LogP contribution in [0, 0.1) is 21.7 Å². The Morgan fingerprint density at radius 1 is 0.667 bits per heavy atom. The summed E-state index contributed by atoms with van der Waals surface area (Å²) < 4.78 is 31.2. The van der Waals surface area contributed by atoms with Crippen LogP contribution in [0.3, 0.4) is 0 Å². The van der Waals surface area contributed by atoms with Gasteiger partial charge >= 0.3 is 23.9 Å². The van der Waals surface area contributed by atoms with Gasteiger partial charge in [0, 0.05) is 6.04 Å². The topological polar surface area (TPSA) is 118 Å². The van der Waals surface area contributed by atoms with Gasteiger partial charge in [-0.15, -0.1) is 0 Å². The molecular weight excluding hydrogens is 614 g/mol. The Morgan fingerprint density at radius 3 is 1.52 bits per heavy atom. The van der Waals surface area contributed by atoms with E-state index >= 15 is 0 Å².